The minimum Gasteiger partial charge on any atom is -0.472 e. The molecule has 0 aromatic carbocycles. The van der Waals surface area contributed by atoms with Crippen molar-refractivity contribution in [1.29, 1.82) is 0 Å². The van der Waals surface area contributed by atoms with E-state index in [0.29, 0.717) is 32.5 Å². The highest BCUT2D eigenvalue weighted by molar-refractivity contribution is 5.91. The zero-order chi connectivity index (χ0) is 22.4. The normalized spacial score (nSPS) is 39.9. The first-order valence-electron chi connectivity index (χ1n) is 11.2. The average Bonchev–Trinajstić information content (AvgIpc) is 3.23. The van der Waals surface area contributed by atoms with Crippen molar-refractivity contribution in [3.8, 4) is 0 Å². The molecule has 2 heterocycles. The molecule has 0 radical (unpaired) electrons. The third-order valence-corrected chi connectivity index (χ3v) is 8.03. The van der Waals surface area contributed by atoms with Crippen LogP contribution in [0.5, 0.6) is 0 Å². The first-order valence-corrected chi connectivity index (χ1v) is 11.2. The van der Waals surface area contributed by atoms with Crippen LogP contribution in [0.3, 0.4) is 0 Å². The Morgan fingerprint density at radius 2 is 2.03 bits per heavy atom. The van der Waals surface area contributed by atoms with Crippen LogP contribution in [-0.2, 0) is 28.6 Å². The second kappa shape index (κ2) is 8.08. The second-order valence-corrected chi connectivity index (χ2v) is 9.81. The molecule has 1 aromatic heterocycles. The number of rotatable bonds is 5. The quantitative estimate of drug-likeness (QED) is 0.652. The predicted molar refractivity (Wildman–Crippen MR) is 110 cm³/mol. The van der Waals surface area contributed by atoms with E-state index in [1.54, 1.807) is 18.6 Å². The van der Waals surface area contributed by atoms with Gasteiger partial charge < -0.3 is 18.6 Å². The minimum absolute atomic E-state index is 0.0580. The van der Waals surface area contributed by atoms with Gasteiger partial charge in [0.25, 0.3) is 0 Å². The predicted octanol–water partition coefficient (Wildman–Crippen LogP) is 3.86. The molecule has 3 fully saturated rings. The molecule has 0 amide bonds. The number of ether oxygens (including phenoxy) is 3. The third-order valence-electron chi connectivity index (χ3n) is 8.03. The van der Waals surface area contributed by atoms with Crippen molar-refractivity contribution in [1.82, 2.24) is 0 Å². The highest BCUT2D eigenvalue weighted by atomic mass is 16.6. The van der Waals surface area contributed by atoms with E-state index in [-0.39, 0.29) is 29.0 Å². The van der Waals surface area contributed by atoms with Crippen molar-refractivity contribution >= 4 is 17.7 Å². The molecule has 1 saturated heterocycles. The summed E-state index contributed by atoms with van der Waals surface area (Å²) in [6.07, 6.45) is 4.29. The van der Waals surface area contributed by atoms with E-state index in [1.165, 1.54) is 6.92 Å². The summed E-state index contributed by atoms with van der Waals surface area (Å²) in [4.78, 5) is 38.6. The van der Waals surface area contributed by atoms with E-state index in [9.17, 15) is 14.4 Å². The summed E-state index contributed by atoms with van der Waals surface area (Å²) in [7, 11) is 0. The molecule has 7 nitrogen and oxygen atoms in total. The van der Waals surface area contributed by atoms with Gasteiger partial charge in [-0.3, -0.25) is 14.4 Å². The summed E-state index contributed by atoms with van der Waals surface area (Å²) < 4.78 is 22.3. The molecule has 170 valence electrons. The molecule has 2 aliphatic carbocycles. The lowest BCUT2D eigenvalue weighted by molar-refractivity contribution is -0.210. The monoisotopic (exact) mass is 432 g/mol. The fourth-order valence-electron chi connectivity index (χ4n) is 6.58. The van der Waals surface area contributed by atoms with Crippen LogP contribution in [-0.4, -0.2) is 37.0 Å². The van der Waals surface area contributed by atoms with Crippen molar-refractivity contribution in [2.24, 2.45) is 28.6 Å². The van der Waals surface area contributed by atoms with Crippen molar-refractivity contribution in [2.45, 2.75) is 65.6 Å². The minimum atomic E-state index is -0.804. The molecule has 1 aliphatic heterocycles. The van der Waals surface area contributed by atoms with E-state index in [0.717, 1.165) is 12.0 Å². The number of ketones is 1. The van der Waals surface area contributed by atoms with Crippen molar-refractivity contribution in [3.05, 3.63) is 24.2 Å². The molecule has 0 spiro atoms. The number of carbonyl (C=O) groups is 3. The van der Waals surface area contributed by atoms with Gasteiger partial charge in [0, 0.05) is 25.0 Å². The fraction of sp³-hybridized carbons (Fsp3) is 0.708. The smallest absolute Gasteiger partial charge is 0.310 e. The van der Waals surface area contributed by atoms with Crippen molar-refractivity contribution in [2.75, 3.05) is 13.2 Å². The van der Waals surface area contributed by atoms with Gasteiger partial charge in [0.1, 0.15) is 6.10 Å². The first-order chi connectivity index (χ1) is 14.7. The molecule has 4 rings (SSSR count). The van der Waals surface area contributed by atoms with E-state index < -0.39 is 29.5 Å². The number of esters is 2. The molecule has 1 aromatic rings. The molecule has 31 heavy (non-hydrogen) atoms. The fourth-order valence-corrected chi connectivity index (χ4v) is 6.58. The van der Waals surface area contributed by atoms with Crippen molar-refractivity contribution < 1.29 is 33.0 Å². The largest absolute Gasteiger partial charge is 0.472 e. The molecule has 0 bridgehead atoms. The van der Waals surface area contributed by atoms with Gasteiger partial charge in [-0.15, -0.1) is 0 Å². The Morgan fingerprint density at radius 1 is 1.26 bits per heavy atom. The van der Waals surface area contributed by atoms with Gasteiger partial charge in [-0.2, -0.15) is 0 Å². The summed E-state index contributed by atoms with van der Waals surface area (Å²) in [6.45, 7) is 8.55. The highest BCUT2D eigenvalue weighted by Gasteiger charge is 2.66. The molecule has 3 aliphatic rings. The molecule has 7 atom stereocenters. The third kappa shape index (κ3) is 3.60. The van der Waals surface area contributed by atoms with Crippen LogP contribution in [0.1, 0.15) is 65.0 Å². The summed E-state index contributed by atoms with van der Waals surface area (Å²) >= 11 is 0. The number of Topliss-reactive ketones (excluding diaryl/α,β-unsaturated/α-hetero) is 1. The Labute approximate surface area is 182 Å². The van der Waals surface area contributed by atoms with E-state index in [2.05, 4.69) is 6.92 Å². The highest BCUT2D eigenvalue weighted by Crippen LogP contribution is 2.65. The summed E-state index contributed by atoms with van der Waals surface area (Å²) in [5.41, 5.74) is -0.150. The number of carbonyl (C=O) groups excluding carboxylic acids is 3. The van der Waals surface area contributed by atoms with Crippen LogP contribution in [0, 0.1) is 28.6 Å². The number of fused-ring (bicyclic) bond motifs is 3. The average molecular weight is 433 g/mol. The molecule has 0 unspecified atom stereocenters. The maximum Gasteiger partial charge on any atom is 0.310 e. The summed E-state index contributed by atoms with van der Waals surface area (Å²) in [5, 5.41) is 0. The topological polar surface area (TPSA) is 92.0 Å². The maximum absolute atomic E-state index is 13.8. The van der Waals surface area contributed by atoms with Gasteiger partial charge in [0.05, 0.1) is 25.1 Å². The lowest BCUT2D eigenvalue weighted by Gasteiger charge is -2.61. The number of furan rings is 1. The van der Waals surface area contributed by atoms with Gasteiger partial charge in [0.2, 0.25) is 0 Å². The number of hydrogen-bond acceptors (Lipinski definition) is 7. The SMILES string of the molecule is CCOC[C@@H]1C[C@H](OC(C)=O)C(=O)[C@H]2[C@@]1(C)CC[C@H]1C(=O)O[C@H](c3ccoc3)C[C@]21C. The second-order valence-electron chi connectivity index (χ2n) is 9.81. The Bertz CT molecular complexity index is 846. The summed E-state index contributed by atoms with van der Waals surface area (Å²) in [6, 6.07) is 1.80. The lowest BCUT2D eigenvalue weighted by atomic mass is 9.43. The first kappa shape index (κ1) is 22.1. The molecule has 2 saturated carbocycles. The van der Waals surface area contributed by atoms with E-state index in [4.69, 9.17) is 18.6 Å². The molecular formula is C24H32O7. The Morgan fingerprint density at radius 3 is 2.68 bits per heavy atom. The van der Waals surface area contributed by atoms with Gasteiger partial charge in [-0.05, 0) is 55.4 Å². The standard InChI is InChI=1S/C24H32O7/c1-5-28-13-16-10-18(30-14(2)25)20(26)21-23(16,3)8-6-17-22(27)31-19(11-24(17,21)4)15-7-9-29-12-15/h7,9,12,16-19,21H,5-6,8,10-11,13H2,1-4H3/t16-,17-,18-,19-,21-,23-,24-/m0/s1. The lowest BCUT2D eigenvalue weighted by Crippen LogP contribution is -2.64. The van der Waals surface area contributed by atoms with Gasteiger partial charge >= 0.3 is 11.9 Å². The van der Waals surface area contributed by atoms with Crippen LogP contribution in [0.4, 0.5) is 0 Å². The zero-order valence-electron chi connectivity index (χ0n) is 18.7. The van der Waals surface area contributed by atoms with Gasteiger partial charge in [0.15, 0.2) is 11.9 Å². The number of cyclic esters (lactones) is 1. The van der Waals surface area contributed by atoms with Gasteiger partial charge in [-0.25, -0.2) is 0 Å². The van der Waals surface area contributed by atoms with E-state index in [1.807, 2.05) is 13.8 Å². The zero-order valence-corrected chi connectivity index (χ0v) is 18.7. The van der Waals surface area contributed by atoms with Crippen molar-refractivity contribution in [3.63, 3.8) is 0 Å². The number of hydrogen-bond donors (Lipinski definition) is 0. The van der Waals surface area contributed by atoms with Crippen LogP contribution < -0.4 is 0 Å². The summed E-state index contributed by atoms with van der Waals surface area (Å²) in [5.74, 6) is -1.52. The Hall–Kier alpha value is -2.15. The van der Waals surface area contributed by atoms with Gasteiger partial charge in [-0.1, -0.05) is 13.8 Å². The van der Waals surface area contributed by atoms with Crippen LogP contribution in [0.25, 0.3) is 0 Å². The van der Waals surface area contributed by atoms with Crippen LogP contribution in [0.2, 0.25) is 0 Å². The maximum atomic E-state index is 13.8. The molecule has 0 N–H and O–H groups in total. The Balaban J connectivity index is 1.75. The molecular weight excluding hydrogens is 400 g/mol. The Kier molecular flexibility index (Phi) is 5.75. The van der Waals surface area contributed by atoms with E-state index >= 15 is 0 Å². The van der Waals surface area contributed by atoms with Crippen LogP contribution >= 0.6 is 0 Å². The van der Waals surface area contributed by atoms with Crippen LogP contribution in [0.15, 0.2) is 23.0 Å². The molecule has 7 heteroatoms.